The Morgan fingerprint density at radius 1 is 1.17 bits per heavy atom. The van der Waals surface area contributed by atoms with Crippen LogP contribution in [0.3, 0.4) is 0 Å². The molecule has 0 saturated heterocycles. The highest BCUT2D eigenvalue weighted by atomic mass is 35.5. The summed E-state index contributed by atoms with van der Waals surface area (Å²) in [6.07, 6.45) is 0. The van der Waals surface area contributed by atoms with Crippen LogP contribution in [0.5, 0.6) is 0 Å². The highest BCUT2D eigenvalue weighted by molar-refractivity contribution is 7.80. The van der Waals surface area contributed by atoms with E-state index in [2.05, 4.69) is 16.2 Å². The van der Waals surface area contributed by atoms with Crippen LogP contribution in [0, 0.1) is 24.0 Å². The molecule has 8 heteroatoms. The number of nitro groups is 1. The zero-order chi connectivity index (χ0) is 17.0. The van der Waals surface area contributed by atoms with Crippen molar-refractivity contribution < 1.29 is 4.92 Å². The van der Waals surface area contributed by atoms with Gasteiger partial charge in [0.25, 0.3) is 5.69 Å². The first-order chi connectivity index (χ1) is 10.9. The van der Waals surface area contributed by atoms with Gasteiger partial charge in [0.15, 0.2) is 5.11 Å². The third-order valence-corrected chi connectivity index (χ3v) is 3.64. The molecule has 0 saturated carbocycles. The van der Waals surface area contributed by atoms with Gasteiger partial charge in [-0.25, -0.2) is 0 Å². The van der Waals surface area contributed by atoms with E-state index in [4.69, 9.17) is 23.8 Å². The summed E-state index contributed by atoms with van der Waals surface area (Å²) in [7, 11) is 0. The van der Waals surface area contributed by atoms with Gasteiger partial charge in [0.2, 0.25) is 0 Å². The van der Waals surface area contributed by atoms with Gasteiger partial charge in [0.05, 0.1) is 21.3 Å². The Labute approximate surface area is 144 Å². The lowest BCUT2D eigenvalue weighted by Gasteiger charge is -2.15. The Bertz CT molecular complexity index is 767. The van der Waals surface area contributed by atoms with E-state index in [-0.39, 0.29) is 10.8 Å². The topological polar surface area (TPSA) is 79.2 Å². The normalized spacial score (nSPS) is 10.0. The molecule has 3 N–H and O–H groups in total. The van der Waals surface area contributed by atoms with Crippen LogP contribution in [0.1, 0.15) is 11.1 Å². The molecule has 0 spiro atoms. The van der Waals surface area contributed by atoms with Gasteiger partial charge < -0.3 is 5.32 Å². The lowest BCUT2D eigenvalue weighted by atomic mass is 10.1. The second kappa shape index (κ2) is 7.26. The minimum absolute atomic E-state index is 0.0676. The average Bonchev–Trinajstić information content (AvgIpc) is 2.48. The monoisotopic (exact) mass is 350 g/mol. The van der Waals surface area contributed by atoms with Crippen LogP contribution in [0.4, 0.5) is 17.1 Å². The van der Waals surface area contributed by atoms with E-state index in [0.29, 0.717) is 10.7 Å². The van der Waals surface area contributed by atoms with Crippen molar-refractivity contribution in [2.24, 2.45) is 0 Å². The van der Waals surface area contributed by atoms with Gasteiger partial charge >= 0.3 is 0 Å². The van der Waals surface area contributed by atoms with Crippen LogP contribution in [-0.2, 0) is 0 Å². The number of aryl methyl sites for hydroxylation is 2. The molecule has 0 aliphatic rings. The first-order valence-corrected chi connectivity index (χ1v) is 7.49. The zero-order valence-electron chi connectivity index (χ0n) is 12.5. The Balaban J connectivity index is 2.02. The Morgan fingerprint density at radius 2 is 1.91 bits per heavy atom. The Hall–Kier alpha value is -2.38. The van der Waals surface area contributed by atoms with Gasteiger partial charge in [-0.15, -0.1) is 0 Å². The summed E-state index contributed by atoms with van der Waals surface area (Å²) in [5.41, 5.74) is 9.21. The smallest absolute Gasteiger partial charge is 0.271 e. The maximum Gasteiger partial charge on any atom is 0.271 e. The van der Waals surface area contributed by atoms with E-state index < -0.39 is 4.92 Å². The highest BCUT2D eigenvalue weighted by Gasteiger charge is 2.10. The summed E-state index contributed by atoms with van der Waals surface area (Å²) in [5.74, 6) is 0. The number of thiocarbonyl (C=S) groups is 1. The molecule has 2 aromatic rings. The minimum Gasteiger partial charge on any atom is -0.330 e. The van der Waals surface area contributed by atoms with E-state index in [1.165, 1.54) is 18.2 Å². The molecule has 23 heavy (non-hydrogen) atoms. The van der Waals surface area contributed by atoms with Crippen LogP contribution in [0.2, 0.25) is 5.02 Å². The summed E-state index contributed by atoms with van der Waals surface area (Å²) in [6.45, 7) is 3.99. The van der Waals surface area contributed by atoms with Crippen LogP contribution in [-0.4, -0.2) is 10.0 Å². The number of hydrogen-bond acceptors (Lipinski definition) is 4. The van der Waals surface area contributed by atoms with Gasteiger partial charge in [0.1, 0.15) is 0 Å². The fourth-order valence-electron chi connectivity index (χ4n) is 1.95. The lowest BCUT2D eigenvalue weighted by Crippen LogP contribution is -2.33. The van der Waals surface area contributed by atoms with Crippen LogP contribution < -0.4 is 16.2 Å². The SMILES string of the molecule is Cc1ccc(NNC(=S)Nc2cc([N+](=O)[O-])ccc2Cl)c(C)c1. The zero-order valence-corrected chi connectivity index (χ0v) is 14.1. The quantitative estimate of drug-likeness (QED) is 0.436. The molecule has 0 aliphatic heterocycles. The predicted molar refractivity (Wildman–Crippen MR) is 97.0 cm³/mol. The number of nitro benzene ring substituents is 1. The molecule has 0 aromatic heterocycles. The standard InChI is InChI=1S/C15H15ClN4O2S/c1-9-3-6-13(10(2)7-9)18-19-15(23)17-14-8-11(20(21)22)4-5-12(14)16/h3-8,18H,1-2H3,(H2,17,19,23). The number of halogens is 1. The molecular weight excluding hydrogens is 336 g/mol. The molecular formula is C15H15ClN4O2S. The largest absolute Gasteiger partial charge is 0.330 e. The highest BCUT2D eigenvalue weighted by Crippen LogP contribution is 2.26. The fourth-order valence-corrected chi connectivity index (χ4v) is 2.28. The molecule has 6 nitrogen and oxygen atoms in total. The molecule has 0 radical (unpaired) electrons. The number of hydrogen-bond donors (Lipinski definition) is 3. The van der Waals surface area contributed by atoms with E-state index in [1.54, 1.807) is 0 Å². The van der Waals surface area contributed by atoms with E-state index in [0.717, 1.165) is 16.8 Å². The van der Waals surface area contributed by atoms with Crippen molar-refractivity contribution in [1.82, 2.24) is 5.43 Å². The molecule has 0 heterocycles. The molecule has 0 aliphatic carbocycles. The maximum absolute atomic E-state index is 10.8. The van der Waals surface area contributed by atoms with Crippen molar-refractivity contribution in [2.75, 3.05) is 10.7 Å². The molecule has 2 aromatic carbocycles. The molecule has 0 fully saturated rings. The molecule has 0 bridgehead atoms. The molecule has 0 unspecified atom stereocenters. The van der Waals surface area contributed by atoms with E-state index in [1.807, 2.05) is 32.0 Å². The lowest BCUT2D eigenvalue weighted by molar-refractivity contribution is -0.384. The summed E-state index contributed by atoms with van der Waals surface area (Å²) in [5, 5.41) is 14.2. The third-order valence-electron chi connectivity index (χ3n) is 3.10. The van der Waals surface area contributed by atoms with Crippen LogP contribution in [0.15, 0.2) is 36.4 Å². The summed E-state index contributed by atoms with van der Waals surface area (Å²) in [6, 6.07) is 10.1. The average molecular weight is 351 g/mol. The van der Waals surface area contributed by atoms with Crippen molar-refractivity contribution in [3.05, 3.63) is 62.7 Å². The number of hydrazine groups is 1. The fraction of sp³-hybridized carbons (Fsp3) is 0.133. The number of nitrogens with zero attached hydrogens (tertiary/aromatic N) is 1. The van der Waals surface area contributed by atoms with Gasteiger partial charge in [-0.1, -0.05) is 29.3 Å². The third kappa shape index (κ3) is 4.54. The van der Waals surface area contributed by atoms with Crippen molar-refractivity contribution >= 4 is 46.0 Å². The molecule has 0 atom stereocenters. The number of rotatable bonds is 4. The summed E-state index contributed by atoms with van der Waals surface area (Å²) < 4.78 is 0. The molecule has 2 rings (SSSR count). The predicted octanol–water partition coefficient (Wildman–Crippen LogP) is 4.18. The number of non-ortho nitro benzene ring substituents is 1. The Kier molecular flexibility index (Phi) is 5.36. The van der Waals surface area contributed by atoms with Crippen molar-refractivity contribution in [2.45, 2.75) is 13.8 Å². The first kappa shape index (κ1) is 17.0. The van der Waals surface area contributed by atoms with Crippen LogP contribution >= 0.6 is 23.8 Å². The number of benzene rings is 2. The maximum atomic E-state index is 10.8. The molecule has 120 valence electrons. The van der Waals surface area contributed by atoms with Crippen LogP contribution in [0.25, 0.3) is 0 Å². The van der Waals surface area contributed by atoms with Crippen molar-refractivity contribution in [3.8, 4) is 0 Å². The first-order valence-electron chi connectivity index (χ1n) is 6.71. The van der Waals surface area contributed by atoms with E-state index in [9.17, 15) is 10.1 Å². The molecule has 0 amide bonds. The number of nitrogens with one attached hydrogen (secondary N) is 3. The second-order valence-corrected chi connectivity index (χ2v) is 5.76. The van der Waals surface area contributed by atoms with Crippen molar-refractivity contribution in [3.63, 3.8) is 0 Å². The van der Waals surface area contributed by atoms with Crippen molar-refractivity contribution in [1.29, 1.82) is 0 Å². The summed E-state index contributed by atoms with van der Waals surface area (Å²) in [4.78, 5) is 10.3. The minimum atomic E-state index is -0.494. The van der Waals surface area contributed by atoms with E-state index >= 15 is 0 Å². The Morgan fingerprint density at radius 3 is 2.57 bits per heavy atom. The van der Waals surface area contributed by atoms with Gasteiger partial charge in [-0.3, -0.25) is 21.0 Å². The second-order valence-electron chi connectivity index (χ2n) is 4.94. The summed E-state index contributed by atoms with van der Waals surface area (Å²) >= 11 is 11.2. The number of anilines is 2. The van der Waals surface area contributed by atoms with Gasteiger partial charge in [-0.2, -0.15) is 0 Å². The van der Waals surface area contributed by atoms with Gasteiger partial charge in [0, 0.05) is 12.1 Å². The van der Waals surface area contributed by atoms with Gasteiger partial charge in [-0.05, 0) is 43.8 Å².